The summed E-state index contributed by atoms with van der Waals surface area (Å²) in [5, 5.41) is 21.0. The molecule has 3 aromatic rings. The molecule has 9 nitrogen and oxygen atoms in total. The summed E-state index contributed by atoms with van der Waals surface area (Å²) < 4.78 is 26.7. The van der Waals surface area contributed by atoms with E-state index in [2.05, 4.69) is 26.3 Å². The summed E-state index contributed by atoms with van der Waals surface area (Å²) in [6.45, 7) is 1.08. The van der Waals surface area contributed by atoms with Crippen LogP contribution in [0, 0.1) is 23.1 Å². The molecule has 1 aliphatic heterocycles. The Morgan fingerprint density at radius 3 is 2.68 bits per heavy atom. The van der Waals surface area contributed by atoms with Gasteiger partial charge in [-0.05, 0) is 30.3 Å². The highest BCUT2D eigenvalue weighted by atomic mass is 19.1. The van der Waals surface area contributed by atoms with Crippen LogP contribution in [0.5, 0.6) is 0 Å². The van der Waals surface area contributed by atoms with E-state index < -0.39 is 6.29 Å². The van der Waals surface area contributed by atoms with Crippen LogP contribution in [0.25, 0.3) is 17.1 Å². The molecule has 2 aromatic heterocycles. The van der Waals surface area contributed by atoms with E-state index in [4.69, 9.17) is 14.7 Å². The van der Waals surface area contributed by atoms with Crippen molar-refractivity contribution in [2.45, 2.75) is 12.7 Å². The van der Waals surface area contributed by atoms with E-state index in [0.29, 0.717) is 49.5 Å². The number of aliphatic hydroxyl groups excluding tert-OH is 1. The predicted molar refractivity (Wildman–Crippen MR) is 108 cm³/mol. The number of hydrogen-bond donors (Lipinski definition) is 2. The summed E-state index contributed by atoms with van der Waals surface area (Å²) in [7, 11) is 0. The zero-order valence-electron chi connectivity index (χ0n) is 16.6. The minimum absolute atomic E-state index is 0.0222. The maximum absolute atomic E-state index is 13.4. The third-order valence-electron chi connectivity index (χ3n) is 4.72. The fourth-order valence-corrected chi connectivity index (χ4v) is 3.10. The lowest BCUT2D eigenvalue weighted by Crippen LogP contribution is -2.30. The number of ether oxygens (including phenoxy) is 2. The first-order valence-electron chi connectivity index (χ1n) is 9.81. The number of nitrogens with one attached hydrogen (secondary N) is 1. The van der Waals surface area contributed by atoms with Crippen molar-refractivity contribution in [1.29, 1.82) is 5.26 Å². The maximum Gasteiger partial charge on any atom is 0.224 e. The number of rotatable bonds is 7. The minimum atomic E-state index is -0.748. The molecule has 4 rings (SSSR count). The number of aromatic nitrogens is 4. The van der Waals surface area contributed by atoms with Crippen LogP contribution in [0.2, 0.25) is 0 Å². The smallest absolute Gasteiger partial charge is 0.224 e. The molecule has 1 fully saturated rings. The van der Waals surface area contributed by atoms with Crippen LogP contribution in [0.15, 0.2) is 42.7 Å². The summed E-state index contributed by atoms with van der Waals surface area (Å²) in [5.74, 6) is 0.952. The molecular formula is C21H21FN6O3. The van der Waals surface area contributed by atoms with Crippen molar-refractivity contribution in [2.24, 2.45) is 5.92 Å². The number of hydrogen-bond acceptors (Lipinski definition) is 8. The molecule has 160 valence electrons. The van der Waals surface area contributed by atoms with Gasteiger partial charge in [0.15, 0.2) is 5.82 Å². The van der Waals surface area contributed by atoms with Crippen molar-refractivity contribution in [1.82, 2.24) is 19.5 Å². The Kier molecular flexibility index (Phi) is 6.47. The van der Waals surface area contributed by atoms with Crippen molar-refractivity contribution in [3.05, 3.63) is 54.4 Å². The van der Waals surface area contributed by atoms with Gasteiger partial charge in [-0.25, -0.2) is 14.4 Å². The lowest BCUT2D eigenvalue weighted by Gasteiger charge is -2.28. The molecule has 1 aliphatic rings. The SMILES string of the molecule is N#CCCNc1nccc(-n2cc(-c3ccc(F)cc3)nc2C2OCC(CO)CO2)n1. The van der Waals surface area contributed by atoms with Gasteiger partial charge >= 0.3 is 0 Å². The van der Waals surface area contributed by atoms with Crippen LogP contribution in [-0.2, 0) is 9.47 Å². The monoisotopic (exact) mass is 424 g/mol. The van der Waals surface area contributed by atoms with Crippen LogP contribution in [0.3, 0.4) is 0 Å². The molecular weight excluding hydrogens is 403 g/mol. The number of anilines is 1. The summed E-state index contributed by atoms with van der Waals surface area (Å²) in [6, 6.07) is 9.80. The van der Waals surface area contributed by atoms with Gasteiger partial charge in [0, 0.05) is 30.4 Å². The molecule has 0 atom stereocenters. The van der Waals surface area contributed by atoms with Crippen LogP contribution < -0.4 is 5.32 Å². The van der Waals surface area contributed by atoms with Crippen LogP contribution in [-0.4, -0.2) is 51.0 Å². The Balaban J connectivity index is 1.69. The number of imidazole rings is 1. The number of nitriles is 1. The third kappa shape index (κ3) is 4.86. The summed E-state index contributed by atoms with van der Waals surface area (Å²) in [4.78, 5) is 13.4. The molecule has 0 aliphatic carbocycles. The summed E-state index contributed by atoms with van der Waals surface area (Å²) in [5.41, 5.74) is 1.33. The highest BCUT2D eigenvalue weighted by molar-refractivity contribution is 5.59. The quantitative estimate of drug-likeness (QED) is 0.555. The molecule has 0 spiro atoms. The Morgan fingerprint density at radius 2 is 1.97 bits per heavy atom. The second-order valence-electron chi connectivity index (χ2n) is 6.98. The second kappa shape index (κ2) is 9.61. The lowest BCUT2D eigenvalue weighted by atomic mass is 10.2. The van der Waals surface area contributed by atoms with Crippen LogP contribution in [0.1, 0.15) is 18.5 Å². The number of nitrogens with zero attached hydrogens (tertiary/aromatic N) is 5. The van der Waals surface area contributed by atoms with Gasteiger partial charge in [-0.2, -0.15) is 10.2 Å². The zero-order valence-corrected chi connectivity index (χ0v) is 16.6. The number of benzene rings is 1. The summed E-state index contributed by atoms with van der Waals surface area (Å²) >= 11 is 0. The Hall–Kier alpha value is -3.39. The van der Waals surface area contributed by atoms with Gasteiger partial charge in [-0.1, -0.05) is 0 Å². The van der Waals surface area contributed by atoms with E-state index in [1.54, 1.807) is 35.2 Å². The normalized spacial score (nSPS) is 18.5. The average molecular weight is 424 g/mol. The Bertz CT molecular complexity index is 1060. The van der Waals surface area contributed by atoms with Gasteiger partial charge in [0.1, 0.15) is 11.6 Å². The lowest BCUT2D eigenvalue weighted by molar-refractivity contribution is -0.213. The van der Waals surface area contributed by atoms with Gasteiger partial charge in [0.25, 0.3) is 0 Å². The van der Waals surface area contributed by atoms with E-state index in [1.165, 1.54) is 12.1 Å². The molecule has 10 heteroatoms. The van der Waals surface area contributed by atoms with Crippen LogP contribution >= 0.6 is 0 Å². The third-order valence-corrected chi connectivity index (χ3v) is 4.72. The average Bonchev–Trinajstić information content (AvgIpc) is 3.25. The Labute approximate surface area is 178 Å². The minimum Gasteiger partial charge on any atom is -0.396 e. The first kappa shape index (κ1) is 20.9. The number of aliphatic hydroxyl groups is 1. The van der Waals surface area contributed by atoms with E-state index in [9.17, 15) is 9.50 Å². The second-order valence-corrected chi connectivity index (χ2v) is 6.98. The van der Waals surface area contributed by atoms with Gasteiger partial charge in [-0.15, -0.1) is 0 Å². The predicted octanol–water partition coefficient (Wildman–Crippen LogP) is 2.45. The molecule has 0 unspecified atom stereocenters. The molecule has 1 saturated heterocycles. The Morgan fingerprint density at radius 1 is 1.19 bits per heavy atom. The molecule has 3 heterocycles. The van der Waals surface area contributed by atoms with E-state index in [0.717, 1.165) is 5.56 Å². The van der Waals surface area contributed by atoms with E-state index in [1.807, 2.05) is 0 Å². The molecule has 0 radical (unpaired) electrons. The topological polar surface area (TPSA) is 118 Å². The van der Waals surface area contributed by atoms with E-state index >= 15 is 0 Å². The standard InChI is InChI=1S/C21H21FN6O3/c22-16-4-2-15(3-5-16)17-10-28(18-6-9-25-21(27-18)24-8-1-7-23)19(26-17)20-30-12-14(11-29)13-31-20/h2-6,9-10,14,20,29H,1,8,11-13H2,(H,24,25,27). The number of halogens is 1. The van der Waals surface area contributed by atoms with Gasteiger partial charge in [-0.3, -0.25) is 4.57 Å². The van der Waals surface area contributed by atoms with Crippen LogP contribution in [0.4, 0.5) is 10.3 Å². The maximum atomic E-state index is 13.4. The largest absolute Gasteiger partial charge is 0.396 e. The molecule has 0 bridgehead atoms. The molecule has 1 aromatic carbocycles. The highest BCUT2D eigenvalue weighted by Crippen LogP contribution is 2.29. The van der Waals surface area contributed by atoms with Crippen molar-refractivity contribution < 1.29 is 19.0 Å². The van der Waals surface area contributed by atoms with Gasteiger partial charge < -0.3 is 19.9 Å². The molecule has 0 saturated carbocycles. The van der Waals surface area contributed by atoms with E-state index in [-0.39, 0.29) is 18.3 Å². The van der Waals surface area contributed by atoms with Crippen molar-refractivity contribution in [3.63, 3.8) is 0 Å². The van der Waals surface area contributed by atoms with Crippen molar-refractivity contribution in [3.8, 4) is 23.1 Å². The summed E-state index contributed by atoms with van der Waals surface area (Å²) in [6.07, 6.45) is 2.95. The fraction of sp³-hybridized carbons (Fsp3) is 0.333. The molecule has 0 amide bonds. The highest BCUT2D eigenvalue weighted by Gasteiger charge is 2.28. The van der Waals surface area contributed by atoms with Gasteiger partial charge in [0.2, 0.25) is 12.2 Å². The zero-order chi connectivity index (χ0) is 21.6. The first-order chi connectivity index (χ1) is 15.2. The van der Waals surface area contributed by atoms with Crippen molar-refractivity contribution in [2.75, 3.05) is 31.7 Å². The van der Waals surface area contributed by atoms with Gasteiger partial charge in [0.05, 0.1) is 38.0 Å². The first-order valence-corrected chi connectivity index (χ1v) is 9.81. The fourth-order valence-electron chi connectivity index (χ4n) is 3.10. The molecule has 2 N–H and O–H groups in total. The molecule has 31 heavy (non-hydrogen) atoms. The van der Waals surface area contributed by atoms with Crippen molar-refractivity contribution >= 4 is 5.95 Å².